The maximum Gasteiger partial charge on any atom is 0.126 e. The first-order valence-electron chi connectivity index (χ1n) is 8.36. The number of nitrogens with one attached hydrogen (secondary N) is 2. The fourth-order valence-electron chi connectivity index (χ4n) is 2.22. The summed E-state index contributed by atoms with van der Waals surface area (Å²) < 4.78 is 0. The van der Waals surface area contributed by atoms with Gasteiger partial charge in [0.05, 0.1) is 0 Å². The standard InChI is InChI=1S/C18H33N3/c1-7-14(8-2)12-19-17-11-15(10-16(9-3)21-17)13-20-18(4,5)6/h10-11,14,20H,7-9,12-13H2,1-6H3,(H,19,21). The lowest BCUT2D eigenvalue weighted by Gasteiger charge is -2.21. The lowest BCUT2D eigenvalue weighted by atomic mass is 10.0. The molecule has 2 N–H and O–H groups in total. The van der Waals surface area contributed by atoms with Gasteiger partial charge in [0.1, 0.15) is 5.82 Å². The molecule has 3 heteroatoms. The van der Waals surface area contributed by atoms with Crippen molar-refractivity contribution in [1.82, 2.24) is 10.3 Å². The molecule has 0 spiro atoms. The first-order valence-corrected chi connectivity index (χ1v) is 8.36. The van der Waals surface area contributed by atoms with E-state index < -0.39 is 0 Å². The second-order valence-electron chi connectivity index (χ2n) is 6.87. The average molecular weight is 291 g/mol. The first kappa shape index (κ1) is 18.0. The van der Waals surface area contributed by atoms with E-state index in [1.165, 1.54) is 18.4 Å². The van der Waals surface area contributed by atoms with Gasteiger partial charge in [-0.1, -0.05) is 33.6 Å². The number of nitrogens with zero attached hydrogens (tertiary/aromatic N) is 1. The van der Waals surface area contributed by atoms with Crippen molar-refractivity contribution < 1.29 is 0 Å². The Hall–Kier alpha value is -1.09. The molecule has 0 amide bonds. The molecular weight excluding hydrogens is 258 g/mol. The van der Waals surface area contributed by atoms with Gasteiger partial charge in [-0.15, -0.1) is 0 Å². The normalized spacial score (nSPS) is 12.0. The summed E-state index contributed by atoms with van der Waals surface area (Å²) in [5.74, 6) is 1.75. The molecule has 0 atom stereocenters. The van der Waals surface area contributed by atoms with Crippen LogP contribution in [0, 0.1) is 5.92 Å². The number of pyridine rings is 1. The van der Waals surface area contributed by atoms with Crippen molar-refractivity contribution in [1.29, 1.82) is 0 Å². The van der Waals surface area contributed by atoms with Gasteiger partial charge in [-0.05, 0) is 50.8 Å². The molecule has 0 saturated carbocycles. The van der Waals surface area contributed by atoms with Crippen LogP contribution < -0.4 is 10.6 Å². The molecule has 0 bridgehead atoms. The number of aromatic nitrogens is 1. The lowest BCUT2D eigenvalue weighted by molar-refractivity contribution is 0.424. The molecule has 0 radical (unpaired) electrons. The largest absolute Gasteiger partial charge is 0.370 e. The molecule has 0 aliphatic heterocycles. The molecule has 0 aromatic carbocycles. The molecule has 0 unspecified atom stereocenters. The highest BCUT2D eigenvalue weighted by atomic mass is 15.0. The zero-order valence-electron chi connectivity index (χ0n) is 14.7. The molecule has 0 aliphatic carbocycles. The number of anilines is 1. The van der Waals surface area contributed by atoms with E-state index in [1.807, 2.05) is 0 Å². The SMILES string of the molecule is CCc1cc(CNC(C)(C)C)cc(NCC(CC)CC)n1. The third-order valence-electron chi connectivity index (χ3n) is 3.85. The molecule has 1 aromatic rings. The van der Waals surface area contributed by atoms with Crippen molar-refractivity contribution in [2.45, 2.75) is 72.9 Å². The van der Waals surface area contributed by atoms with Gasteiger partial charge in [-0.2, -0.15) is 0 Å². The molecular formula is C18H33N3. The molecule has 1 aromatic heterocycles. The quantitative estimate of drug-likeness (QED) is 0.746. The Balaban J connectivity index is 2.75. The minimum absolute atomic E-state index is 0.138. The van der Waals surface area contributed by atoms with E-state index in [2.05, 4.69) is 64.3 Å². The average Bonchev–Trinajstić information content (AvgIpc) is 2.45. The van der Waals surface area contributed by atoms with Crippen LogP contribution >= 0.6 is 0 Å². The Kier molecular flexibility index (Phi) is 7.16. The highest BCUT2D eigenvalue weighted by molar-refractivity contribution is 5.40. The maximum absolute atomic E-state index is 4.70. The third kappa shape index (κ3) is 6.94. The Bertz CT molecular complexity index is 417. The highest BCUT2D eigenvalue weighted by Gasteiger charge is 2.10. The molecule has 120 valence electrons. The molecule has 21 heavy (non-hydrogen) atoms. The summed E-state index contributed by atoms with van der Waals surface area (Å²) >= 11 is 0. The summed E-state index contributed by atoms with van der Waals surface area (Å²) in [7, 11) is 0. The summed E-state index contributed by atoms with van der Waals surface area (Å²) in [4.78, 5) is 4.70. The van der Waals surface area contributed by atoms with Crippen LogP contribution in [0.1, 0.15) is 65.6 Å². The predicted octanol–water partition coefficient (Wildman–Crippen LogP) is 4.38. The van der Waals surface area contributed by atoms with Gasteiger partial charge in [0.15, 0.2) is 0 Å². The summed E-state index contributed by atoms with van der Waals surface area (Å²) in [5.41, 5.74) is 2.61. The van der Waals surface area contributed by atoms with Crippen molar-refractivity contribution in [2.24, 2.45) is 5.92 Å². The van der Waals surface area contributed by atoms with Gasteiger partial charge < -0.3 is 10.6 Å². The zero-order valence-corrected chi connectivity index (χ0v) is 14.7. The van der Waals surface area contributed by atoms with Crippen molar-refractivity contribution in [2.75, 3.05) is 11.9 Å². The van der Waals surface area contributed by atoms with Crippen molar-refractivity contribution >= 4 is 5.82 Å². The van der Waals surface area contributed by atoms with Gasteiger partial charge in [-0.3, -0.25) is 0 Å². The molecule has 1 heterocycles. The van der Waals surface area contributed by atoms with E-state index in [-0.39, 0.29) is 5.54 Å². The zero-order chi connectivity index (χ0) is 15.9. The van der Waals surface area contributed by atoms with E-state index in [0.717, 1.165) is 36.9 Å². The summed E-state index contributed by atoms with van der Waals surface area (Å²) in [6.45, 7) is 15.2. The number of hydrogen-bond donors (Lipinski definition) is 2. The molecule has 0 fully saturated rings. The van der Waals surface area contributed by atoms with Crippen LogP contribution in [0.4, 0.5) is 5.82 Å². The van der Waals surface area contributed by atoms with E-state index in [9.17, 15) is 0 Å². The minimum atomic E-state index is 0.138. The van der Waals surface area contributed by atoms with E-state index in [0.29, 0.717) is 0 Å². The third-order valence-corrected chi connectivity index (χ3v) is 3.85. The lowest BCUT2D eigenvalue weighted by Crippen LogP contribution is -2.35. The van der Waals surface area contributed by atoms with Gasteiger partial charge in [0, 0.05) is 24.3 Å². The van der Waals surface area contributed by atoms with Crippen LogP contribution in [0.2, 0.25) is 0 Å². The number of aryl methyl sites for hydroxylation is 1. The second kappa shape index (κ2) is 8.38. The van der Waals surface area contributed by atoms with E-state index >= 15 is 0 Å². The topological polar surface area (TPSA) is 37.0 Å². The summed E-state index contributed by atoms with van der Waals surface area (Å²) in [5, 5.41) is 7.07. The Morgan fingerprint density at radius 1 is 1.10 bits per heavy atom. The van der Waals surface area contributed by atoms with Gasteiger partial charge in [-0.25, -0.2) is 4.98 Å². The fraction of sp³-hybridized carbons (Fsp3) is 0.722. The first-order chi connectivity index (χ1) is 9.87. The highest BCUT2D eigenvalue weighted by Crippen LogP contribution is 2.15. The Morgan fingerprint density at radius 2 is 1.76 bits per heavy atom. The van der Waals surface area contributed by atoms with Crippen LogP contribution in [0.15, 0.2) is 12.1 Å². The molecule has 1 rings (SSSR count). The Morgan fingerprint density at radius 3 is 2.29 bits per heavy atom. The molecule has 3 nitrogen and oxygen atoms in total. The fourth-order valence-corrected chi connectivity index (χ4v) is 2.22. The van der Waals surface area contributed by atoms with Crippen molar-refractivity contribution in [3.8, 4) is 0 Å². The van der Waals surface area contributed by atoms with Gasteiger partial charge in [0.2, 0.25) is 0 Å². The minimum Gasteiger partial charge on any atom is -0.370 e. The summed E-state index contributed by atoms with van der Waals surface area (Å²) in [6.07, 6.45) is 3.41. The van der Waals surface area contributed by atoms with Crippen molar-refractivity contribution in [3.63, 3.8) is 0 Å². The number of rotatable bonds is 8. The van der Waals surface area contributed by atoms with Crippen LogP contribution in [-0.4, -0.2) is 17.1 Å². The number of hydrogen-bond acceptors (Lipinski definition) is 3. The predicted molar refractivity (Wildman–Crippen MR) is 92.8 cm³/mol. The molecule has 0 saturated heterocycles. The second-order valence-corrected chi connectivity index (χ2v) is 6.87. The van der Waals surface area contributed by atoms with Crippen LogP contribution in [0.3, 0.4) is 0 Å². The van der Waals surface area contributed by atoms with Crippen LogP contribution in [-0.2, 0) is 13.0 Å². The van der Waals surface area contributed by atoms with E-state index in [1.54, 1.807) is 0 Å². The molecule has 0 aliphatic rings. The van der Waals surface area contributed by atoms with Crippen LogP contribution in [0.25, 0.3) is 0 Å². The monoisotopic (exact) mass is 291 g/mol. The summed E-state index contributed by atoms with van der Waals surface area (Å²) in [6, 6.07) is 4.39. The van der Waals surface area contributed by atoms with E-state index in [4.69, 9.17) is 4.98 Å². The van der Waals surface area contributed by atoms with Gasteiger partial charge >= 0.3 is 0 Å². The van der Waals surface area contributed by atoms with Crippen molar-refractivity contribution in [3.05, 3.63) is 23.4 Å². The smallest absolute Gasteiger partial charge is 0.126 e. The maximum atomic E-state index is 4.70. The Labute approximate surface area is 130 Å². The van der Waals surface area contributed by atoms with Gasteiger partial charge in [0.25, 0.3) is 0 Å². The van der Waals surface area contributed by atoms with Crippen LogP contribution in [0.5, 0.6) is 0 Å².